The minimum absolute atomic E-state index is 0.589. The van der Waals surface area contributed by atoms with Gasteiger partial charge in [-0.25, -0.2) is 0 Å². The molecule has 25 rings (SSSR count). The molecule has 16 bridgehead atoms. The van der Waals surface area contributed by atoms with Gasteiger partial charge in [-0.1, -0.05) is 291 Å². The van der Waals surface area contributed by atoms with Crippen LogP contribution in [-0.4, -0.2) is 0 Å². The van der Waals surface area contributed by atoms with Crippen molar-refractivity contribution in [1.29, 1.82) is 0 Å². The van der Waals surface area contributed by atoms with Crippen LogP contribution < -0.4 is 0 Å². The SMILES string of the molecule is c1ccc2c(c1)-c1ccc3cc1C21c2ccccc2-c2ccc(cc21)-c1ccc2c(c1)C1(c4ccccc4-2)c2ccccc2-c2ccc(cc21)-c1ccc2c(c1)C1(c4ccccc4-c4ccc(cc41)-c1ccc4c(c1)C1(c5ccccc5-c5ccc-3cc51)c1ccccc1-4)c1ccccc1-2. The maximum Gasteiger partial charge on any atom is 0.0725 e. The van der Waals surface area contributed by atoms with Crippen LogP contribution in [0.5, 0.6) is 0 Å². The molecule has 0 N–H and O–H groups in total. The Bertz CT molecular complexity index is 5370. The molecule has 16 aromatic rings. The lowest BCUT2D eigenvalue weighted by Gasteiger charge is -2.32. The van der Waals surface area contributed by atoms with Crippen LogP contribution in [-0.2, 0) is 21.7 Å². The average Bonchev–Trinajstić information content (AvgIpc) is 1.52. The summed E-state index contributed by atoms with van der Waals surface area (Å²) in [7, 11) is 0. The zero-order chi connectivity index (χ0) is 64.7. The van der Waals surface area contributed by atoms with Crippen molar-refractivity contribution in [1.82, 2.24) is 0 Å². The van der Waals surface area contributed by atoms with E-state index in [2.05, 4.69) is 340 Å². The molecule has 9 aliphatic carbocycles. The van der Waals surface area contributed by atoms with Crippen LogP contribution in [0.4, 0.5) is 0 Å². The molecule has 0 heteroatoms. The Hall–Kier alpha value is -12.5. The van der Waals surface area contributed by atoms with Crippen molar-refractivity contribution in [2.45, 2.75) is 21.7 Å². The topological polar surface area (TPSA) is 0 Å². The van der Waals surface area contributed by atoms with Gasteiger partial charge in [0, 0.05) is 0 Å². The normalized spacial score (nSPS) is 19.4. The van der Waals surface area contributed by atoms with Crippen LogP contribution in [0.3, 0.4) is 0 Å². The third kappa shape index (κ3) is 5.84. The maximum atomic E-state index is 2.59. The zero-order valence-corrected chi connectivity index (χ0v) is 54.3. The molecule has 456 valence electrons. The second kappa shape index (κ2) is 18.0. The lowest BCUT2D eigenvalue weighted by Crippen LogP contribution is -2.26. The average molecular weight is 1260 g/mol. The molecule has 0 heterocycles. The number of hydrogen-bond donors (Lipinski definition) is 0. The van der Waals surface area contributed by atoms with E-state index >= 15 is 0 Å². The number of rotatable bonds is 0. The van der Waals surface area contributed by atoms with Crippen molar-refractivity contribution in [2.75, 3.05) is 0 Å². The Morgan fingerprint density at radius 3 is 0.340 bits per heavy atom. The lowest BCUT2D eigenvalue weighted by atomic mass is 9.68. The fourth-order valence-corrected chi connectivity index (χ4v) is 22.0. The molecule has 0 saturated carbocycles. The van der Waals surface area contributed by atoms with Crippen LogP contribution in [0.1, 0.15) is 89.0 Å². The van der Waals surface area contributed by atoms with Gasteiger partial charge in [0.15, 0.2) is 0 Å². The van der Waals surface area contributed by atoms with Crippen LogP contribution >= 0.6 is 0 Å². The number of hydrogen-bond acceptors (Lipinski definition) is 0. The van der Waals surface area contributed by atoms with Crippen molar-refractivity contribution in [3.8, 4) is 134 Å². The molecule has 100 heavy (non-hydrogen) atoms. The van der Waals surface area contributed by atoms with E-state index in [1.807, 2.05) is 0 Å². The van der Waals surface area contributed by atoms with E-state index in [9.17, 15) is 0 Å². The van der Waals surface area contributed by atoms with E-state index in [-0.39, 0.29) is 0 Å². The van der Waals surface area contributed by atoms with Gasteiger partial charge in [0.1, 0.15) is 0 Å². The molecule has 0 aliphatic heterocycles. The quantitative estimate of drug-likeness (QED) is 0.142. The Kier molecular flexibility index (Phi) is 9.48. The van der Waals surface area contributed by atoms with E-state index in [0.717, 1.165) is 0 Å². The Morgan fingerprint density at radius 1 is 0.100 bits per heavy atom. The van der Waals surface area contributed by atoms with Gasteiger partial charge in [-0.15, -0.1) is 0 Å². The lowest BCUT2D eigenvalue weighted by molar-refractivity contribution is 0.791. The smallest absolute Gasteiger partial charge is 0.0619 e. The fourth-order valence-electron chi connectivity index (χ4n) is 22.0. The highest BCUT2D eigenvalue weighted by molar-refractivity contribution is 6.03. The molecule has 0 atom stereocenters. The highest BCUT2D eigenvalue weighted by Crippen LogP contribution is 2.70. The molecular formula is C100H56. The Balaban J connectivity index is 0.800. The van der Waals surface area contributed by atoms with Crippen molar-refractivity contribution in [3.63, 3.8) is 0 Å². The standard InChI is InChI=1S/C100H56/c1-9-25-81-65(17-1)73-41-33-57-49-89(73)97(81)82-26-10-2-18-66(82)74-42-34-58(50-90(74)97)60-36-44-76-68-20-5-13-29-85(68)99(92(76)52-60)86-30-14-6-22-70(86)78-46-38-62(54-94(78)99)64-40-48-80-72-24-8-16-32-88(72)100(96(80)56-64)87-31-15-7-23-71(87)79-47-39-63(55-95(79)100)61-37-45-77-69-21-4-12-28-84(69)98(93(77)53-61)83-27-11-3-19-67(83)75-43-35-59(57)51-91(75)98/h1-56H. The zero-order valence-electron chi connectivity index (χ0n) is 54.3. The molecule has 0 saturated heterocycles. The second-order valence-electron chi connectivity index (χ2n) is 29.4. The first-order valence-corrected chi connectivity index (χ1v) is 35.5. The summed E-state index contributed by atoms with van der Waals surface area (Å²) in [6.45, 7) is 0. The minimum Gasteiger partial charge on any atom is -0.0619 e. The van der Waals surface area contributed by atoms with E-state index < -0.39 is 21.7 Å². The monoisotopic (exact) mass is 1260 g/mol. The summed E-state index contributed by atoms with van der Waals surface area (Å²) in [5, 5.41) is 0. The van der Waals surface area contributed by atoms with E-state index in [0.29, 0.717) is 0 Å². The molecule has 0 amide bonds. The van der Waals surface area contributed by atoms with Gasteiger partial charge < -0.3 is 0 Å². The van der Waals surface area contributed by atoms with E-state index in [1.165, 1.54) is 223 Å². The third-order valence-electron chi connectivity index (χ3n) is 25.7. The summed E-state index contributed by atoms with van der Waals surface area (Å²) in [4.78, 5) is 0. The minimum atomic E-state index is -0.589. The number of fused-ring (bicyclic) bond motifs is 28. The van der Waals surface area contributed by atoms with Crippen LogP contribution in [0, 0.1) is 0 Å². The van der Waals surface area contributed by atoms with Gasteiger partial charge in [-0.2, -0.15) is 0 Å². The van der Waals surface area contributed by atoms with Gasteiger partial charge >= 0.3 is 0 Å². The second-order valence-corrected chi connectivity index (χ2v) is 29.4. The molecule has 0 fully saturated rings. The van der Waals surface area contributed by atoms with Crippen molar-refractivity contribution in [2.24, 2.45) is 0 Å². The fraction of sp³-hybridized carbons (Fsp3) is 0.0400. The summed E-state index contributed by atoms with van der Waals surface area (Å²) in [5.41, 5.74) is 49.6. The molecule has 0 unspecified atom stereocenters. The van der Waals surface area contributed by atoms with Gasteiger partial charge in [0.2, 0.25) is 0 Å². The number of benzene rings is 16. The van der Waals surface area contributed by atoms with Gasteiger partial charge in [-0.3, -0.25) is 0 Å². The maximum absolute atomic E-state index is 2.59. The largest absolute Gasteiger partial charge is 0.0725 e. The molecule has 9 aliphatic rings. The van der Waals surface area contributed by atoms with Crippen molar-refractivity contribution in [3.05, 3.63) is 429 Å². The Morgan fingerprint density at radius 2 is 0.210 bits per heavy atom. The van der Waals surface area contributed by atoms with Crippen molar-refractivity contribution < 1.29 is 0 Å². The van der Waals surface area contributed by atoms with Crippen LogP contribution in [0.2, 0.25) is 0 Å². The Labute approximate surface area is 580 Å². The highest BCUT2D eigenvalue weighted by Gasteiger charge is 2.57. The van der Waals surface area contributed by atoms with Crippen molar-refractivity contribution >= 4 is 0 Å². The highest BCUT2D eigenvalue weighted by atomic mass is 14.6. The summed E-state index contributed by atoms with van der Waals surface area (Å²) in [6.07, 6.45) is 0. The molecule has 4 spiro atoms. The first-order valence-electron chi connectivity index (χ1n) is 35.5. The van der Waals surface area contributed by atoms with Gasteiger partial charge in [0.25, 0.3) is 0 Å². The van der Waals surface area contributed by atoms with Gasteiger partial charge in [-0.05, 0) is 271 Å². The first-order chi connectivity index (χ1) is 49.5. The first kappa shape index (κ1) is 52.7. The summed E-state index contributed by atoms with van der Waals surface area (Å²) in [5.74, 6) is 0. The molecule has 16 aromatic carbocycles. The van der Waals surface area contributed by atoms with Gasteiger partial charge in [0.05, 0.1) is 21.7 Å². The third-order valence-corrected chi connectivity index (χ3v) is 25.7. The molecular weight excluding hydrogens is 1200 g/mol. The summed E-state index contributed by atoms with van der Waals surface area (Å²) < 4.78 is 0. The predicted octanol–water partition coefficient (Wildman–Crippen LogP) is 24.0. The predicted molar refractivity (Wildman–Crippen MR) is 407 cm³/mol. The van der Waals surface area contributed by atoms with E-state index in [4.69, 9.17) is 0 Å². The molecule has 0 aromatic heterocycles. The van der Waals surface area contributed by atoms with Crippen LogP contribution in [0.15, 0.2) is 340 Å². The molecule has 0 nitrogen and oxygen atoms in total. The summed E-state index contributed by atoms with van der Waals surface area (Å²) in [6, 6.07) is 134. The molecule has 0 radical (unpaired) electrons. The van der Waals surface area contributed by atoms with E-state index in [1.54, 1.807) is 0 Å². The summed E-state index contributed by atoms with van der Waals surface area (Å²) >= 11 is 0. The van der Waals surface area contributed by atoms with Crippen LogP contribution in [0.25, 0.3) is 134 Å².